The van der Waals surface area contributed by atoms with E-state index in [1.807, 2.05) is 25.1 Å². The van der Waals surface area contributed by atoms with E-state index in [1.165, 1.54) is 5.56 Å². The second kappa shape index (κ2) is 6.78. The minimum atomic E-state index is 0.389. The van der Waals surface area contributed by atoms with Crippen LogP contribution < -0.4 is 10.5 Å². The number of rotatable bonds is 5. The highest BCUT2D eigenvalue weighted by Gasteiger charge is 2.04. The van der Waals surface area contributed by atoms with Gasteiger partial charge in [0.25, 0.3) is 0 Å². The zero-order chi connectivity index (χ0) is 14.5. The van der Waals surface area contributed by atoms with Crippen LogP contribution in [0.15, 0.2) is 42.5 Å². The van der Waals surface area contributed by atoms with Crippen molar-refractivity contribution in [3.05, 3.63) is 64.2 Å². The van der Waals surface area contributed by atoms with E-state index in [4.69, 9.17) is 22.1 Å². The number of hydrogen-bond acceptors (Lipinski definition) is 2. The molecule has 3 heteroatoms. The molecule has 0 bridgehead atoms. The average molecular weight is 290 g/mol. The van der Waals surface area contributed by atoms with Gasteiger partial charge in [0.2, 0.25) is 0 Å². The third kappa shape index (κ3) is 3.75. The van der Waals surface area contributed by atoms with E-state index in [1.54, 1.807) is 0 Å². The van der Waals surface area contributed by atoms with Crippen molar-refractivity contribution in [1.29, 1.82) is 0 Å². The summed E-state index contributed by atoms with van der Waals surface area (Å²) in [7, 11) is 0. The van der Waals surface area contributed by atoms with Gasteiger partial charge in [-0.3, -0.25) is 0 Å². The molecule has 0 fully saturated rings. The topological polar surface area (TPSA) is 35.2 Å². The maximum absolute atomic E-state index is 5.98. The van der Waals surface area contributed by atoms with Gasteiger partial charge in [-0.25, -0.2) is 0 Å². The summed E-state index contributed by atoms with van der Waals surface area (Å²) >= 11 is 5.98. The van der Waals surface area contributed by atoms with E-state index in [9.17, 15) is 0 Å². The molecule has 1 unspecified atom stereocenters. The molecule has 106 valence electrons. The van der Waals surface area contributed by atoms with Crippen molar-refractivity contribution in [3.63, 3.8) is 0 Å². The standard InChI is InChI=1S/C17H20ClNO/c1-12-3-8-16(18)9-17(12)20-11-14-4-6-15(7-5-14)13(2)10-19/h3-9,13H,10-11,19H2,1-2H3. The average Bonchev–Trinajstić information content (AvgIpc) is 2.48. The molecule has 1 atom stereocenters. The SMILES string of the molecule is Cc1ccc(Cl)cc1OCc1ccc(C(C)CN)cc1. The second-order valence-electron chi connectivity index (χ2n) is 5.08. The molecule has 2 nitrogen and oxygen atoms in total. The first-order valence-corrected chi connectivity index (χ1v) is 7.16. The molecule has 20 heavy (non-hydrogen) atoms. The summed E-state index contributed by atoms with van der Waals surface area (Å²) < 4.78 is 5.82. The van der Waals surface area contributed by atoms with E-state index in [0.29, 0.717) is 24.1 Å². The van der Waals surface area contributed by atoms with E-state index in [2.05, 4.69) is 31.2 Å². The van der Waals surface area contributed by atoms with Crippen molar-refractivity contribution in [1.82, 2.24) is 0 Å². The fraction of sp³-hybridized carbons (Fsp3) is 0.294. The van der Waals surface area contributed by atoms with Crippen LogP contribution in [0, 0.1) is 6.92 Å². The number of ether oxygens (including phenoxy) is 1. The van der Waals surface area contributed by atoms with Crippen LogP contribution in [-0.4, -0.2) is 6.54 Å². The summed E-state index contributed by atoms with van der Waals surface area (Å²) in [6.07, 6.45) is 0. The van der Waals surface area contributed by atoms with Crippen LogP contribution in [0.25, 0.3) is 0 Å². The molecular formula is C17H20ClNO. The first kappa shape index (κ1) is 14.9. The van der Waals surface area contributed by atoms with Gasteiger partial charge < -0.3 is 10.5 Å². The number of hydrogen-bond donors (Lipinski definition) is 1. The van der Waals surface area contributed by atoms with Crippen molar-refractivity contribution in [2.24, 2.45) is 5.73 Å². The van der Waals surface area contributed by atoms with Crippen LogP contribution in [0.5, 0.6) is 5.75 Å². The Bertz CT molecular complexity index is 566. The Morgan fingerprint density at radius 2 is 1.85 bits per heavy atom. The number of halogens is 1. The predicted octanol–water partition coefficient (Wildman–Crippen LogP) is 4.29. The lowest BCUT2D eigenvalue weighted by Crippen LogP contribution is -2.08. The van der Waals surface area contributed by atoms with E-state index in [-0.39, 0.29) is 0 Å². The normalized spacial score (nSPS) is 12.2. The Labute approximate surface area is 125 Å². The molecule has 2 aromatic rings. The Kier molecular flexibility index (Phi) is 5.05. The molecule has 2 aromatic carbocycles. The van der Waals surface area contributed by atoms with Crippen LogP contribution in [-0.2, 0) is 6.61 Å². The maximum Gasteiger partial charge on any atom is 0.124 e. The van der Waals surface area contributed by atoms with Gasteiger partial charge in [0.1, 0.15) is 12.4 Å². The van der Waals surface area contributed by atoms with Crippen LogP contribution in [0.1, 0.15) is 29.5 Å². The fourth-order valence-electron chi connectivity index (χ4n) is 1.97. The molecular weight excluding hydrogens is 270 g/mol. The lowest BCUT2D eigenvalue weighted by atomic mass is 10.0. The van der Waals surface area contributed by atoms with Gasteiger partial charge in [0, 0.05) is 5.02 Å². The van der Waals surface area contributed by atoms with E-state index in [0.717, 1.165) is 16.9 Å². The van der Waals surface area contributed by atoms with Gasteiger partial charge >= 0.3 is 0 Å². The zero-order valence-corrected chi connectivity index (χ0v) is 12.7. The van der Waals surface area contributed by atoms with Crippen molar-refractivity contribution in [2.45, 2.75) is 26.4 Å². The molecule has 0 heterocycles. The second-order valence-corrected chi connectivity index (χ2v) is 5.51. The highest BCUT2D eigenvalue weighted by atomic mass is 35.5. The Morgan fingerprint density at radius 3 is 2.50 bits per heavy atom. The van der Waals surface area contributed by atoms with Gasteiger partial charge in [-0.1, -0.05) is 48.9 Å². The van der Waals surface area contributed by atoms with Crippen molar-refractivity contribution >= 4 is 11.6 Å². The Morgan fingerprint density at radius 1 is 1.15 bits per heavy atom. The lowest BCUT2D eigenvalue weighted by Gasteiger charge is -2.12. The van der Waals surface area contributed by atoms with Crippen molar-refractivity contribution in [3.8, 4) is 5.75 Å². The van der Waals surface area contributed by atoms with Crippen LogP contribution >= 0.6 is 11.6 Å². The molecule has 0 saturated carbocycles. The van der Waals surface area contributed by atoms with E-state index >= 15 is 0 Å². The third-order valence-electron chi connectivity index (χ3n) is 3.45. The van der Waals surface area contributed by atoms with Gasteiger partial charge in [0.15, 0.2) is 0 Å². The Balaban J connectivity index is 2.02. The molecule has 0 amide bonds. The largest absolute Gasteiger partial charge is 0.489 e. The fourth-order valence-corrected chi connectivity index (χ4v) is 2.13. The minimum Gasteiger partial charge on any atom is -0.489 e. The van der Waals surface area contributed by atoms with Crippen LogP contribution in [0.4, 0.5) is 0 Å². The maximum atomic E-state index is 5.98. The van der Waals surface area contributed by atoms with Crippen molar-refractivity contribution < 1.29 is 4.74 Å². The van der Waals surface area contributed by atoms with Crippen LogP contribution in [0.2, 0.25) is 5.02 Å². The first-order chi connectivity index (χ1) is 9.60. The van der Waals surface area contributed by atoms with Gasteiger partial charge in [-0.15, -0.1) is 0 Å². The molecule has 2 N–H and O–H groups in total. The summed E-state index contributed by atoms with van der Waals surface area (Å²) in [6, 6.07) is 14.1. The molecule has 0 aliphatic heterocycles. The van der Waals surface area contributed by atoms with Gasteiger partial charge in [-0.05, 0) is 48.2 Å². The van der Waals surface area contributed by atoms with E-state index < -0.39 is 0 Å². The van der Waals surface area contributed by atoms with Crippen molar-refractivity contribution in [2.75, 3.05) is 6.54 Å². The summed E-state index contributed by atoms with van der Waals surface area (Å²) in [4.78, 5) is 0. The summed E-state index contributed by atoms with van der Waals surface area (Å²) in [5, 5.41) is 0.692. The molecule has 0 radical (unpaired) electrons. The third-order valence-corrected chi connectivity index (χ3v) is 3.68. The highest BCUT2D eigenvalue weighted by Crippen LogP contribution is 2.23. The number of aryl methyl sites for hydroxylation is 1. The summed E-state index contributed by atoms with van der Waals surface area (Å²) in [5.41, 5.74) is 9.15. The predicted molar refractivity (Wildman–Crippen MR) is 84.4 cm³/mol. The Hall–Kier alpha value is -1.51. The minimum absolute atomic E-state index is 0.389. The molecule has 0 aromatic heterocycles. The molecule has 0 saturated heterocycles. The lowest BCUT2D eigenvalue weighted by molar-refractivity contribution is 0.304. The zero-order valence-electron chi connectivity index (χ0n) is 11.9. The summed E-state index contributed by atoms with van der Waals surface area (Å²) in [6.45, 7) is 5.34. The van der Waals surface area contributed by atoms with Crippen LogP contribution in [0.3, 0.4) is 0 Å². The number of nitrogens with two attached hydrogens (primary N) is 1. The number of benzene rings is 2. The molecule has 0 spiro atoms. The first-order valence-electron chi connectivity index (χ1n) is 6.78. The van der Waals surface area contributed by atoms with Gasteiger partial charge in [0.05, 0.1) is 0 Å². The van der Waals surface area contributed by atoms with Gasteiger partial charge in [-0.2, -0.15) is 0 Å². The monoisotopic (exact) mass is 289 g/mol. The molecule has 0 aliphatic carbocycles. The molecule has 2 rings (SSSR count). The summed E-state index contributed by atoms with van der Waals surface area (Å²) in [5.74, 6) is 1.22. The smallest absolute Gasteiger partial charge is 0.124 e. The highest BCUT2D eigenvalue weighted by molar-refractivity contribution is 6.30. The quantitative estimate of drug-likeness (QED) is 0.891. The molecule has 0 aliphatic rings.